The van der Waals surface area contributed by atoms with Crippen LogP contribution in [0.15, 0.2) is 42.5 Å². The summed E-state index contributed by atoms with van der Waals surface area (Å²) in [6.07, 6.45) is 0.334. The van der Waals surface area contributed by atoms with Gasteiger partial charge in [-0.05, 0) is 22.8 Å². The summed E-state index contributed by atoms with van der Waals surface area (Å²) < 4.78 is 21.7. The van der Waals surface area contributed by atoms with Gasteiger partial charge in [0.1, 0.15) is 0 Å². The molecule has 0 heterocycles. The van der Waals surface area contributed by atoms with Crippen LogP contribution in [-0.2, 0) is 16.4 Å². The highest BCUT2D eigenvalue weighted by Crippen LogP contribution is 2.19. The number of rotatable bonds is 3. The predicted molar refractivity (Wildman–Crippen MR) is 65.1 cm³/mol. The first-order valence-corrected chi connectivity index (χ1v) is 6.50. The average Bonchev–Trinajstić information content (AvgIpc) is 2.25. The first-order chi connectivity index (χ1) is 7.56. The van der Waals surface area contributed by atoms with Crippen LogP contribution in [0, 0.1) is 5.75 Å². The Kier molecular flexibility index (Phi) is 2.94. The van der Waals surface area contributed by atoms with Gasteiger partial charge in [-0.1, -0.05) is 42.5 Å². The van der Waals surface area contributed by atoms with Crippen molar-refractivity contribution in [2.45, 2.75) is 6.42 Å². The van der Waals surface area contributed by atoms with E-state index in [1.165, 1.54) is 0 Å². The maximum absolute atomic E-state index is 10.9. The predicted octanol–water partition coefficient (Wildman–Crippen LogP) is 1.83. The largest absolute Gasteiger partial charge is 0.228 e. The molecule has 4 heteroatoms. The molecule has 0 atom stereocenters. The van der Waals surface area contributed by atoms with E-state index in [-0.39, 0.29) is 0 Å². The molecule has 0 fully saturated rings. The Labute approximate surface area is 94.9 Å². The monoisotopic (exact) mass is 234 g/mol. The van der Waals surface area contributed by atoms with Crippen LogP contribution in [0.2, 0.25) is 0 Å². The van der Waals surface area contributed by atoms with Gasteiger partial charge in [0.05, 0.1) is 5.75 Å². The highest BCUT2D eigenvalue weighted by molar-refractivity contribution is 7.91. The quantitative estimate of drug-likeness (QED) is 0.880. The standard InChI is InChI=1S/C12H12NO2S/c13-16(14,15)9-8-11-6-3-5-10-4-1-2-7-12(10)11/h1-7,9H,8H2,(H2,13,14,15). The number of hydrogen-bond acceptors (Lipinski definition) is 2. The van der Waals surface area contributed by atoms with E-state index >= 15 is 0 Å². The van der Waals surface area contributed by atoms with Crippen LogP contribution in [0.5, 0.6) is 0 Å². The lowest BCUT2D eigenvalue weighted by molar-refractivity contribution is 0.602. The van der Waals surface area contributed by atoms with E-state index in [4.69, 9.17) is 5.14 Å². The van der Waals surface area contributed by atoms with Gasteiger partial charge in [0.2, 0.25) is 10.0 Å². The molecule has 0 spiro atoms. The molecule has 0 unspecified atom stereocenters. The molecule has 0 amide bonds. The lowest BCUT2D eigenvalue weighted by atomic mass is 10.0. The third kappa shape index (κ3) is 2.59. The van der Waals surface area contributed by atoms with Gasteiger partial charge in [-0.25, -0.2) is 13.6 Å². The Balaban J connectivity index is 2.38. The summed E-state index contributed by atoms with van der Waals surface area (Å²) in [7, 11) is -3.52. The average molecular weight is 234 g/mol. The third-order valence-corrected chi connectivity index (χ3v) is 3.05. The molecule has 2 aromatic rings. The molecule has 2 aromatic carbocycles. The van der Waals surface area contributed by atoms with Gasteiger partial charge in [-0.3, -0.25) is 0 Å². The minimum Gasteiger partial charge on any atom is -0.228 e. The summed E-state index contributed by atoms with van der Waals surface area (Å²) in [4.78, 5) is 0. The molecule has 3 nitrogen and oxygen atoms in total. The van der Waals surface area contributed by atoms with Crippen molar-refractivity contribution in [2.24, 2.45) is 5.14 Å². The molecule has 0 aliphatic rings. The van der Waals surface area contributed by atoms with Gasteiger partial charge in [0, 0.05) is 0 Å². The summed E-state index contributed by atoms with van der Waals surface area (Å²) in [5.41, 5.74) is 0.965. The molecule has 2 rings (SSSR count). The van der Waals surface area contributed by atoms with Gasteiger partial charge in [-0.15, -0.1) is 0 Å². The molecule has 83 valence electrons. The number of hydrogen-bond donors (Lipinski definition) is 1. The SMILES string of the molecule is NS(=O)(=O)[CH]Cc1cccc2ccccc12. The second-order valence-electron chi connectivity index (χ2n) is 3.60. The van der Waals surface area contributed by atoms with Gasteiger partial charge >= 0.3 is 0 Å². The van der Waals surface area contributed by atoms with Crippen molar-refractivity contribution in [3.63, 3.8) is 0 Å². The maximum atomic E-state index is 10.9. The Morgan fingerprint density at radius 1 is 1.06 bits per heavy atom. The van der Waals surface area contributed by atoms with Crippen LogP contribution in [0.25, 0.3) is 10.8 Å². The van der Waals surface area contributed by atoms with Crippen LogP contribution in [0.3, 0.4) is 0 Å². The number of fused-ring (bicyclic) bond motifs is 1. The lowest BCUT2D eigenvalue weighted by Gasteiger charge is -2.04. The molecule has 2 N–H and O–H groups in total. The fourth-order valence-corrected chi connectivity index (χ4v) is 2.09. The van der Waals surface area contributed by atoms with Crippen molar-refractivity contribution in [1.29, 1.82) is 0 Å². The maximum Gasteiger partial charge on any atom is 0.213 e. The summed E-state index contributed by atoms with van der Waals surface area (Å²) in [6, 6.07) is 13.7. The fraction of sp³-hybridized carbons (Fsp3) is 0.0833. The number of benzene rings is 2. The Morgan fingerprint density at radius 2 is 1.75 bits per heavy atom. The summed E-state index contributed by atoms with van der Waals surface area (Å²) in [6.45, 7) is 0. The Hall–Kier alpha value is -1.39. The normalized spacial score (nSPS) is 11.8. The van der Waals surface area contributed by atoms with Gasteiger partial charge in [0.25, 0.3) is 0 Å². The van der Waals surface area contributed by atoms with Crippen molar-refractivity contribution in [2.75, 3.05) is 0 Å². The van der Waals surface area contributed by atoms with E-state index in [1.54, 1.807) is 0 Å². The van der Waals surface area contributed by atoms with E-state index in [9.17, 15) is 8.42 Å². The van der Waals surface area contributed by atoms with E-state index < -0.39 is 10.0 Å². The second-order valence-corrected chi connectivity index (χ2v) is 5.11. The summed E-state index contributed by atoms with van der Waals surface area (Å²) >= 11 is 0. The molecule has 0 aliphatic heterocycles. The second kappa shape index (κ2) is 4.23. The Morgan fingerprint density at radius 3 is 2.50 bits per heavy atom. The van der Waals surface area contributed by atoms with E-state index in [0.29, 0.717) is 6.42 Å². The number of sulfonamides is 1. The fourth-order valence-electron chi connectivity index (χ4n) is 1.68. The van der Waals surface area contributed by atoms with Gasteiger partial charge in [-0.2, -0.15) is 0 Å². The van der Waals surface area contributed by atoms with Crippen LogP contribution >= 0.6 is 0 Å². The molecule has 16 heavy (non-hydrogen) atoms. The lowest BCUT2D eigenvalue weighted by Crippen LogP contribution is -2.13. The van der Waals surface area contributed by atoms with E-state index in [2.05, 4.69) is 0 Å². The van der Waals surface area contributed by atoms with Crippen molar-refractivity contribution < 1.29 is 8.42 Å². The minimum atomic E-state index is -3.52. The molecule has 0 aliphatic carbocycles. The van der Waals surface area contributed by atoms with Crippen molar-refractivity contribution in [3.05, 3.63) is 53.8 Å². The van der Waals surface area contributed by atoms with Crippen molar-refractivity contribution in [3.8, 4) is 0 Å². The molecule has 0 saturated carbocycles. The molecule has 0 aromatic heterocycles. The zero-order chi connectivity index (χ0) is 11.6. The molecule has 0 saturated heterocycles. The molecular formula is C12H12NO2S. The zero-order valence-electron chi connectivity index (χ0n) is 8.63. The number of nitrogens with two attached hydrogens (primary N) is 1. The molecule has 1 radical (unpaired) electrons. The summed E-state index contributed by atoms with van der Waals surface area (Å²) in [5.74, 6) is 1.13. The third-order valence-electron chi connectivity index (χ3n) is 2.42. The first kappa shape index (κ1) is 11.1. The van der Waals surface area contributed by atoms with Crippen molar-refractivity contribution in [1.82, 2.24) is 0 Å². The molecule has 0 bridgehead atoms. The van der Waals surface area contributed by atoms with Crippen LogP contribution in [-0.4, -0.2) is 8.42 Å². The minimum absolute atomic E-state index is 0.334. The zero-order valence-corrected chi connectivity index (χ0v) is 9.44. The highest BCUT2D eigenvalue weighted by atomic mass is 32.2. The van der Waals surface area contributed by atoms with E-state index in [0.717, 1.165) is 22.1 Å². The summed E-state index contributed by atoms with van der Waals surface area (Å²) in [5, 5.41) is 7.10. The number of primary sulfonamides is 1. The molecular weight excluding hydrogens is 222 g/mol. The van der Waals surface area contributed by atoms with Crippen LogP contribution in [0.1, 0.15) is 5.56 Å². The highest BCUT2D eigenvalue weighted by Gasteiger charge is 2.06. The van der Waals surface area contributed by atoms with Gasteiger partial charge < -0.3 is 0 Å². The topological polar surface area (TPSA) is 60.2 Å². The first-order valence-electron chi connectivity index (χ1n) is 4.89. The Bertz CT molecular complexity index is 600. The van der Waals surface area contributed by atoms with Crippen LogP contribution in [0.4, 0.5) is 0 Å². The van der Waals surface area contributed by atoms with Crippen LogP contribution < -0.4 is 5.14 Å². The van der Waals surface area contributed by atoms with E-state index in [1.807, 2.05) is 42.5 Å². The van der Waals surface area contributed by atoms with Crippen molar-refractivity contribution >= 4 is 20.8 Å². The smallest absolute Gasteiger partial charge is 0.213 e. The van der Waals surface area contributed by atoms with Gasteiger partial charge in [0.15, 0.2) is 0 Å².